The number of aliphatic hydroxyl groups excluding tert-OH is 1. The lowest BCUT2D eigenvalue weighted by molar-refractivity contribution is -0.210. The third-order valence-corrected chi connectivity index (χ3v) is 6.81. The molecule has 2 fully saturated rings. The van der Waals surface area contributed by atoms with E-state index in [-0.39, 0.29) is 17.6 Å². The van der Waals surface area contributed by atoms with Crippen molar-refractivity contribution in [3.05, 3.63) is 71.8 Å². The van der Waals surface area contributed by atoms with Crippen LogP contribution in [0, 0.1) is 5.41 Å². The molecular formula is C24H32N2O2. The van der Waals surface area contributed by atoms with Gasteiger partial charge in [0.25, 0.3) is 0 Å². The summed E-state index contributed by atoms with van der Waals surface area (Å²) >= 11 is 0. The maximum atomic E-state index is 10.5. The van der Waals surface area contributed by atoms with Crippen LogP contribution in [0.2, 0.25) is 0 Å². The predicted molar refractivity (Wildman–Crippen MR) is 112 cm³/mol. The normalized spacial score (nSPS) is 24.4. The molecule has 1 heterocycles. The molecule has 0 aromatic heterocycles. The second-order valence-corrected chi connectivity index (χ2v) is 8.31. The van der Waals surface area contributed by atoms with E-state index in [1.807, 2.05) is 0 Å². The van der Waals surface area contributed by atoms with Gasteiger partial charge in [0.2, 0.25) is 0 Å². The summed E-state index contributed by atoms with van der Waals surface area (Å²) in [6.07, 6.45) is 2.71. The van der Waals surface area contributed by atoms with E-state index in [0.717, 1.165) is 38.9 Å². The monoisotopic (exact) mass is 380 g/mol. The first-order valence-electron chi connectivity index (χ1n) is 10.5. The van der Waals surface area contributed by atoms with Gasteiger partial charge in [0.1, 0.15) is 0 Å². The van der Waals surface area contributed by atoms with Crippen molar-refractivity contribution in [1.82, 2.24) is 4.90 Å². The molecule has 1 saturated heterocycles. The Morgan fingerprint density at radius 3 is 2.07 bits per heavy atom. The fraction of sp³-hybridized carbons (Fsp3) is 0.500. The maximum Gasteiger partial charge on any atom is 0.0682 e. The van der Waals surface area contributed by atoms with Crippen molar-refractivity contribution in [3.63, 3.8) is 0 Å². The smallest absolute Gasteiger partial charge is 0.0682 e. The molecule has 4 heteroatoms. The van der Waals surface area contributed by atoms with Gasteiger partial charge in [0.15, 0.2) is 0 Å². The molecule has 0 amide bonds. The number of hydrogen-bond acceptors (Lipinski definition) is 4. The Morgan fingerprint density at radius 2 is 1.57 bits per heavy atom. The van der Waals surface area contributed by atoms with Crippen LogP contribution in [0.4, 0.5) is 0 Å². The standard InChI is InChI=1S/C24H32N2O2/c25-13-16-28-23-17-22(27)24(23)11-14-26(15-12-24)18-21(19-7-3-1-4-8-19)20-9-5-2-6-10-20/h1-10,21-23,27H,11-18,25H2/t22-,23+/m0/s1. The second-order valence-electron chi connectivity index (χ2n) is 8.31. The molecule has 150 valence electrons. The van der Waals surface area contributed by atoms with Crippen LogP contribution >= 0.6 is 0 Å². The van der Waals surface area contributed by atoms with E-state index in [1.165, 1.54) is 11.1 Å². The zero-order valence-electron chi connectivity index (χ0n) is 16.5. The molecule has 28 heavy (non-hydrogen) atoms. The van der Waals surface area contributed by atoms with Crippen molar-refractivity contribution in [1.29, 1.82) is 0 Å². The Balaban J connectivity index is 1.44. The third kappa shape index (κ3) is 3.87. The number of likely N-dealkylation sites (tertiary alicyclic amines) is 1. The molecule has 0 bridgehead atoms. The van der Waals surface area contributed by atoms with Crippen LogP contribution in [0.3, 0.4) is 0 Å². The van der Waals surface area contributed by atoms with Gasteiger partial charge in [-0.05, 0) is 37.1 Å². The van der Waals surface area contributed by atoms with E-state index in [1.54, 1.807) is 0 Å². The first-order valence-corrected chi connectivity index (χ1v) is 10.5. The molecule has 4 rings (SSSR count). The number of hydrogen-bond donors (Lipinski definition) is 2. The Morgan fingerprint density at radius 1 is 1.00 bits per heavy atom. The van der Waals surface area contributed by atoms with Crippen molar-refractivity contribution in [2.24, 2.45) is 11.1 Å². The van der Waals surface area contributed by atoms with Crippen LogP contribution in [0.1, 0.15) is 36.3 Å². The van der Waals surface area contributed by atoms with E-state index in [0.29, 0.717) is 19.1 Å². The van der Waals surface area contributed by atoms with Gasteiger partial charge in [-0.25, -0.2) is 0 Å². The zero-order valence-corrected chi connectivity index (χ0v) is 16.5. The first kappa shape index (κ1) is 19.6. The summed E-state index contributed by atoms with van der Waals surface area (Å²) in [5.74, 6) is 0.368. The Kier molecular flexibility index (Phi) is 6.12. The van der Waals surface area contributed by atoms with Gasteiger partial charge in [0.05, 0.1) is 18.8 Å². The summed E-state index contributed by atoms with van der Waals surface area (Å²) in [6, 6.07) is 21.6. The molecule has 2 atom stereocenters. The Labute approximate surface area is 168 Å². The van der Waals surface area contributed by atoms with Crippen LogP contribution in [0.5, 0.6) is 0 Å². The molecular weight excluding hydrogens is 348 g/mol. The molecule has 1 aliphatic heterocycles. The number of benzene rings is 2. The van der Waals surface area contributed by atoms with Crippen LogP contribution in [0.15, 0.2) is 60.7 Å². The van der Waals surface area contributed by atoms with Gasteiger partial charge in [-0.15, -0.1) is 0 Å². The van der Waals surface area contributed by atoms with Gasteiger partial charge >= 0.3 is 0 Å². The second kappa shape index (κ2) is 8.75. The van der Waals surface area contributed by atoms with Crippen LogP contribution in [-0.2, 0) is 4.74 Å². The van der Waals surface area contributed by atoms with Crippen molar-refractivity contribution in [2.45, 2.75) is 37.4 Å². The van der Waals surface area contributed by atoms with E-state index in [2.05, 4.69) is 65.6 Å². The molecule has 2 aromatic rings. The largest absolute Gasteiger partial charge is 0.392 e. The van der Waals surface area contributed by atoms with Crippen molar-refractivity contribution in [3.8, 4) is 0 Å². The average molecular weight is 381 g/mol. The summed E-state index contributed by atoms with van der Waals surface area (Å²) in [7, 11) is 0. The molecule has 2 aliphatic rings. The number of rotatable bonds is 7. The topological polar surface area (TPSA) is 58.7 Å². The van der Waals surface area contributed by atoms with Gasteiger partial charge in [-0.2, -0.15) is 0 Å². The van der Waals surface area contributed by atoms with Crippen LogP contribution < -0.4 is 5.73 Å². The van der Waals surface area contributed by atoms with E-state index in [4.69, 9.17) is 10.5 Å². The lowest BCUT2D eigenvalue weighted by Crippen LogP contribution is -2.62. The average Bonchev–Trinajstić information content (AvgIpc) is 2.76. The minimum absolute atomic E-state index is 0.0549. The minimum atomic E-state index is -0.225. The molecule has 1 aliphatic carbocycles. The van der Waals surface area contributed by atoms with Gasteiger partial charge in [0, 0.05) is 30.8 Å². The Hall–Kier alpha value is -1.72. The summed E-state index contributed by atoms with van der Waals surface area (Å²) in [6.45, 7) is 4.16. The van der Waals surface area contributed by atoms with E-state index >= 15 is 0 Å². The predicted octanol–water partition coefficient (Wildman–Crippen LogP) is 3.01. The molecule has 1 saturated carbocycles. The number of nitrogens with zero attached hydrogens (tertiary/aromatic N) is 1. The molecule has 0 radical (unpaired) electrons. The summed E-state index contributed by atoms with van der Waals surface area (Å²) in [4.78, 5) is 2.56. The summed E-state index contributed by atoms with van der Waals surface area (Å²) < 4.78 is 5.94. The van der Waals surface area contributed by atoms with E-state index < -0.39 is 0 Å². The minimum Gasteiger partial charge on any atom is -0.392 e. The summed E-state index contributed by atoms with van der Waals surface area (Å²) in [5.41, 5.74) is 8.27. The van der Waals surface area contributed by atoms with E-state index in [9.17, 15) is 5.11 Å². The fourth-order valence-corrected chi connectivity index (χ4v) is 5.01. The molecule has 3 N–H and O–H groups in total. The molecule has 2 aromatic carbocycles. The van der Waals surface area contributed by atoms with Crippen molar-refractivity contribution >= 4 is 0 Å². The summed E-state index contributed by atoms with van der Waals surface area (Å²) in [5, 5.41) is 10.5. The lowest BCUT2D eigenvalue weighted by Gasteiger charge is -2.57. The zero-order chi connectivity index (χ0) is 19.4. The van der Waals surface area contributed by atoms with Crippen LogP contribution in [-0.4, -0.2) is 55.0 Å². The molecule has 0 unspecified atom stereocenters. The first-order chi connectivity index (χ1) is 13.7. The lowest BCUT2D eigenvalue weighted by atomic mass is 9.58. The van der Waals surface area contributed by atoms with Gasteiger partial charge in [-0.3, -0.25) is 0 Å². The van der Waals surface area contributed by atoms with Crippen LogP contribution in [0.25, 0.3) is 0 Å². The SMILES string of the molecule is NCCO[C@@H]1C[C@H](O)C12CCN(CC(c1ccccc1)c1ccccc1)CC2. The van der Waals surface area contributed by atoms with Crippen molar-refractivity contribution in [2.75, 3.05) is 32.8 Å². The van der Waals surface area contributed by atoms with Crippen molar-refractivity contribution < 1.29 is 9.84 Å². The fourth-order valence-electron chi connectivity index (χ4n) is 5.01. The number of piperidine rings is 1. The highest BCUT2D eigenvalue weighted by Gasteiger charge is 2.56. The van der Waals surface area contributed by atoms with Gasteiger partial charge in [-0.1, -0.05) is 60.7 Å². The number of aliphatic hydroxyl groups is 1. The maximum absolute atomic E-state index is 10.5. The third-order valence-electron chi connectivity index (χ3n) is 6.81. The number of nitrogens with two attached hydrogens (primary N) is 1. The Bertz CT molecular complexity index is 689. The molecule has 4 nitrogen and oxygen atoms in total. The molecule has 1 spiro atoms. The quantitative estimate of drug-likeness (QED) is 0.775. The highest BCUT2D eigenvalue weighted by molar-refractivity contribution is 5.32. The number of ether oxygens (including phenoxy) is 1. The highest BCUT2D eigenvalue weighted by Crippen LogP contribution is 2.51. The highest BCUT2D eigenvalue weighted by atomic mass is 16.5. The van der Waals surface area contributed by atoms with Gasteiger partial charge < -0.3 is 20.5 Å².